The maximum atomic E-state index is 13.1. The Hall–Kier alpha value is -1.24. The lowest BCUT2D eigenvalue weighted by molar-refractivity contribution is -0.214. The Balaban J connectivity index is 1.85. The molecule has 7 heteroatoms. The molecular weight excluding hydrogens is 319 g/mol. The third-order valence-electron chi connectivity index (χ3n) is 5.21. The number of alkyl halides is 3. The van der Waals surface area contributed by atoms with E-state index >= 15 is 0 Å². The van der Waals surface area contributed by atoms with Crippen molar-refractivity contribution in [2.24, 2.45) is 11.3 Å². The molecule has 2 fully saturated rings. The number of rotatable bonds is 3. The fraction of sp³-hybridized carbons (Fsp3) is 0.824. The zero-order chi connectivity index (χ0) is 18.0. The van der Waals surface area contributed by atoms with Crippen LogP contribution in [0.1, 0.15) is 33.1 Å². The summed E-state index contributed by atoms with van der Waals surface area (Å²) in [5, 5.41) is 3.00. The van der Waals surface area contributed by atoms with Gasteiger partial charge in [-0.2, -0.15) is 13.2 Å². The molecule has 0 aromatic heterocycles. The van der Waals surface area contributed by atoms with Gasteiger partial charge < -0.3 is 10.2 Å². The van der Waals surface area contributed by atoms with Crippen molar-refractivity contribution in [1.29, 1.82) is 0 Å². The number of nitrogens with one attached hydrogen (secondary N) is 1. The van der Waals surface area contributed by atoms with E-state index < -0.39 is 17.5 Å². The summed E-state index contributed by atoms with van der Waals surface area (Å²) in [7, 11) is 0. The van der Waals surface area contributed by atoms with E-state index in [0.29, 0.717) is 0 Å². The highest BCUT2D eigenvalue weighted by atomic mass is 19.4. The largest absolute Gasteiger partial charge is 0.392 e. The molecule has 2 rings (SSSR count). The molecule has 2 heterocycles. The highest BCUT2D eigenvalue weighted by molar-refractivity contribution is 5.74. The molecule has 0 aromatic carbocycles. The standard InChI is InChI=1S/C17H28F3N3O/c1-4-8-22-9-5-13(6-10-22)21-15(24)23-11-7-14(17(18,19)20)16(2,3)12-23/h4,13-14H,1,5-12H2,2-3H3,(H,21,24)/t14-/m1/s1. The molecule has 2 amide bonds. The van der Waals surface area contributed by atoms with Crippen LogP contribution in [-0.2, 0) is 0 Å². The minimum atomic E-state index is -4.20. The number of amides is 2. The van der Waals surface area contributed by atoms with Crippen LogP contribution in [0.25, 0.3) is 0 Å². The molecule has 24 heavy (non-hydrogen) atoms. The van der Waals surface area contributed by atoms with E-state index in [9.17, 15) is 18.0 Å². The van der Waals surface area contributed by atoms with E-state index in [1.165, 1.54) is 0 Å². The van der Waals surface area contributed by atoms with Crippen LogP contribution in [0.4, 0.5) is 18.0 Å². The van der Waals surface area contributed by atoms with Crippen molar-refractivity contribution in [3.63, 3.8) is 0 Å². The van der Waals surface area contributed by atoms with Gasteiger partial charge in [0.1, 0.15) is 0 Å². The average molecular weight is 347 g/mol. The number of hydrogen-bond donors (Lipinski definition) is 1. The summed E-state index contributed by atoms with van der Waals surface area (Å²) in [6.45, 7) is 9.86. The van der Waals surface area contributed by atoms with E-state index in [1.807, 2.05) is 6.08 Å². The van der Waals surface area contributed by atoms with Crippen LogP contribution in [0.5, 0.6) is 0 Å². The van der Waals surface area contributed by atoms with Crippen molar-refractivity contribution in [3.05, 3.63) is 12.7 Å². The molecule has 2 aliphatic heterocycles. The van der Waals surface area contributed by atoms with Gasteiger partial charge in [0.25, 0.3) is 0 Å². The number of carbonyl (C=O) groups excluding carboxylic acids is 1. The molecule has 0 radical (unpaired) electrons. The number of nitrogens with zero attached hydrogens (tertiary/aromatic N) is 2. The van der Waals surface area contributed by atoms with E-state index in [1.54, 1.807) is 18.7 Å². The van der Waals surface area contributed by atoms with Crippen LogP contribution < -0.4 is 5.32 Å². The molecule has 1 atom stereocenters. The third-order valence-corrected chi connectivity index (χ3v) is 5.21. The number of piperidine rings is 2. The lowest BCUT2D eigenvalue weighted by Crippen LogP contribution is -2.56. The Morgan fingerprint density at radius 2 is 1.88 bits per heavy atom. The van der Waals surface area contributed by atoms with Crippen LogP contribution in [0, 0.1) is 11.3 Å². The molecule has 0 bridgehead atoms. The first-order chi connectivity index (χ1) is 11.1. The lowest BCUT2D eigenvalue weighted by Gasteiger charge is -2.45. The maximum absolute atomic E-state index is 13.1. The molecule has 0 spiro atoms. The summed E-state index contributed by atoms with van der Waals surface area (Å²) in [4.78, 5) is 16.2. The van der Waals surface area contributed by atoms with Crippen LogP contribution >= 0.6 is 0 Å². The highest BCUT2D eigenvalue weighted by Gasteiger charge is 2.51. The molecule has 0 saturated carbocycles. The Bertz CT molecular complexity index is 456. The van der Waals surface area contributed by atoms with E-state index in [4.69, 9.17) is 0 Å². The van der Waals surface area contributed by atoms with Gasteiger partial charge >= 0.3 is 12.2 Å². The second-order valence-electron chi connectivity index (χ2n) is 7.61. The normalized spacial score (nSPS) is 26.2. The molecular formula is C17H28F3N3O. The second-order valence-corrected chi connectivity index (χ2v) is 7.61. The number of halogens is 3. The van der Waals surface area contributed by atoms with E-state index in [0.717, 1.165) is 32.5 Å². The molecule has 0 unspecified atom stereocenters. The van der Waals surface area contributed by atoms with Gasteiger partial charge in [-0.15, -0.1) is 6.58 Å². The zero-order valence-corrected chi connectivity index (χ0v) is 14.5. The molecule has 138 valence electrons. The Morgan fingerprint density at radius 3 is 2.38 bits per heavy atom. The minimum absolute atomic E-state index is 0.0261. The van der Waals surface area contributed by atoms with Gasteiger partial charge in [-0.05, 0) is 24.7 Å². The summed E-state index contributed by atoms with van der Waals surface area (Å²) in [5.74, 6) is -1.35. The highest BCUT2D eigenvalue weighted by Crippen LogP contribution is 2.45. The first kappa shape index (κ1) is 19.1. The van der Waals surface area contributed by atoms with Gasteiger partial charge in [-0.1, -0.05) is 19.9 Å². The van der Waals surface area contributed by atoms with Crippen LogP contribution in [0.3, 0.4) is 0 Å². The predicted octanol–water partition coefficient (Wildman–Crippen LogP) is 3.26. The first-order valence-electron chi connectivity index (χ1n) is 8.59. The second kappa shape index (κ2) is 7.33. The predicted molar refractivity (Wildman–Crippen MR) is 87.7 cm³/mol. The number of hydrogen-bond acceptors (Lipinski definition) is 2. The van der Waals surface area contributed by atoms with Crippen molar-refractivity contribution < 1.29 is 18.0 Å². The molecule has 2 saturated heterocycles. The average Bonchev–Trinajstić information content (AvgIpc) is 2.47. The Morgan fingerprint density at radius 1 is 1.25 bits per heavy atom. The lowest BCUT2D eigenvalue weighted by atomic mass is 9.73. The van der Waals surface area contributed by atoms with Crippen molar-refractivity contribution >= 4 is 6.03 Å². The van der Waals surface area contributed by atoms with Gasteiger partial charge in [-0.25, -0.2) is 4.79 Å². The summed E-state index contributed by atoms with van der Waals surface area (Å²) >= 11 is 0. The fourth-order valence-corrected chi connectivity index (χ4v) is 3.85. The maximum Gasteiger partial charge on any atom is 0.392 e. The summed E-state index contributed by atoms with van der Waals surface area (Å²) in [6, 6.07) is -0.132. The van der Waals surface area contributed by atoms with Crippen LogP contribution in [0.2, 0.25) is 0 Å². The molecule has 4 nitrogen and oxygen atoms in total. The number of urea groups is 1. The fourth-order valence-electron chi connectivity index (χ4n) is 3.85. The first-order valence-corrected chi connectivity index (χ1v) is 8.59. The van der Waals surface area contributed by atoms with Crippen molar-refractivity contribution in [2.45, 2.75) is 45.3 Å². The van der Waals surface area contributed by atoms with Crippen molar-refractivity contribution in [1.82, 2.24) is 15.1 Å². The topological polar surface area (TPSA) is 35.6 Å². The number of carbonyl (C=O) groups is 1. The number of likely N-dealkylation sites (tertiary alicyclic amines) is 2. The van der Waals surface area contributed by atoms with Crippen LogP contribution in [0.15, 0.2) is 12.7 Å². The molecule has 2 aliphatic rings. The van der Waals surface area contributed by atoms with E-state index in [2.05, 4.69) is 16.8 Å². The van der Waals surface area contributed by atoms with Crippen molar-refractivity contribution in [3.8, 4) is 0 Å². The van der Waals surface area contributed by atoms with Gasteiger partial charge in [0, 0.05) is 38.8 Å². The van der Waals surface area contributed by atoms with Gasteiger partial charge in [-0.3, -0.25) is 4.90 Å². The SMILES string of the molecule is C=CCN1CCC(NC(=O)N2CC[C@@H](C(F)(F)F)C(C)(C)C2)CC1. The molecule has 1 N–H and O–H groups in total. The van der Waals surface area contributed by atoms with Gasteiger partial charge in [0.2, 0.25) is 0 Å². The van der Waals surface area contributed by atoms with E-state index in [-0.39, 0.29) is 31.6 Å². The van der Waals surface area contributed by atoms with Gasteiger partial charge in [0.15, 0.2) is 0 Å². The molecule has 0 aliphatic carbocycles. The zero-order valence-electron chi connectivity index (χ0n) is 14.5. The van der Waals surface area contributed by atoms with Gasteiger partial charge in [0.05, 0.1) is 5.92 Å². The quantitative estimate of drug-likeness (QED) is 0.796. The monoisotopic (exact) mass is 347 g/mol. The third kappa shape index (κ3) is 4.65. The van der Waals surface area contributed by atoms with Crippen molar-refractivity contribution in [2.75, 3.05) is 32.7 Å². The molecule has 0 aromatic rings. The Kier molecular flexibility index (Phi) is 5.83. The van der Waals surface area contributed by atoms with Crippen LogP contribution in [-0.4, -0.2) is 60.8 Å². The minimum Gasteiger partial charge on any atom is -0.335 e. The Labute approximate surface area is 142 Å². The summed E-state index contributed by atoms with van der Waals surface area (Å²) in [5.41, 5.74) is -0.957. The smallest absolute Gasteiger partial charge is 0.335 e. The summed E-state index contributed by atoms with van der Waals surface area (Å²) in [6.07, 6.45) is -0.637. The summed E-state index contributed by atoms with van der Waals surface area (Å²) < 4.78 is 39.3.